The Morgan fingerprint density at radius 3 is 2.50 bits per heavy atom. The minimum absolute atomic E-state index is 0.436. The van der Waals surface area contributed by atoms with E-state index in [1.54, 1.807) is 0 Å². The average Bonchev–Trinajstić information content (AvgIpc) is 3.13. The highest BCUT2D eigenvalue weighted by molar-refractivity contribution is 5.81. The number of fused-ring (bicyclic) bond motifs is 3. The van der Waals surface area contributed by atoms with Gasteiger partial charge >= 0.3 is 0 Å². The van der Waals surface area contributed by atoms with Gasteiger partial charge in [0, 0.05) is 29.2 Å². The Bertz CT molecular complexity index is 862. The third kappa shape index (κ3) is 2.45. The van der Waals surface area contributed by atoms with Gasteiger partial charge in [0.1, 0.15) is 0 Å². The fourth-order valence-electron chi connectivity index (χ4n) is 3.44. The lowest BCUT2D eigenvalue weighted by Crippen LogP contribution is -2.29. The monoisotopic (exact) mass is 317 g/mol. The van der Waals surface area contributed by atoms with Crippen molar-refractivity contribution >= 4 is 0 Å². The van der Waals surface area contributed by atoms with Crippen molar-refractivity contribution in [2.45, 2.75) is 25.9 Å². The molecule has 3 aromatic rings. The first-order valence-corrected chi connectivity index (χ1v) is 8.55. The molecule has 1 heterocycles. The molecule has 0 N–H and O–H groups in total. The first kappa shape index (κ1) is 15.2. The molecule has 1 aliphatic rings. The lowest BCUT2D eigenvalue weighted by atomic mass is 10.1. The van der Waals surface area contributed by atoms with Crippen LogP contribution in [0.25, 0.3) is 22.5 Å². The summed E-state index contributed by atoms with van der Waals surface area (Å²) >= 11 is 0. The second-order valence-corrected chi connectivity index (χ2v) is 6.87. The lowest BCUT2D eigenvalue weighted by molar-refractivity contribution is 0.277. The number of benzene rings is 2. The van der Waals surface area contributed by atoms with Crippen molar-refractivity contribution in [2.75, 3.05) is 14.1 Å². The largest absolute Gasteiger partial charge is 0.305 e. The van der Waals surface area contributed by atoms with Crippen molar-refractivity contribution in [1.29, 1.82) is 0 Å². The zero-order valence-corrected chi connectivity index (χ0v) is 14.5. The van der Waals surface area contributed by atoms with Gasteiger partial charge < -0.3 is 4.90 Å². The van der Waals surface area contributed by atoms with Gasteiger partial charge in [-0.2, -0.15) is 5.10 Å². The predicted octanol–water partition coefficient (Wildman–Crippen LogP) is 4.07. The van der Waals surface area contributed by atoms with Crippen LogP contribution in [0.15, 0.2) is 54.6 Å². The van der Waals surface area contributed by atoms with Crippen LogP contribution in [0.5, 0.6) is 0 Å². The van der Waals surface area contributed by atoms with Crippen molar-refractivity contribution in [2.24, 2.45) is 0 Å². The fraction of sp³-hybridized carbons (Fsp3) is 0.286. The van der Waals surface area contributed by atoms with Gasteiger partial charge in [0.05, 0.1) is 17.9 Å². The van der Waals surface area contributed by atoms with E-state index in [2.05, 4.69) is 85.2 Å². The molecule has 122 valence electrons. The van der Waals surface area contributed by atoms with Crippen LogP contribution in [0.3, 0.4) is 0 Å². The van der Waals surface area contributed by atoms with Crippen LogP contribution in [0.2, 0.25) is 0 Å². The van der Waals surface area contributed by atoms with E-state index in [0.29, 0.717) is 6.04 Å². The maximum atomic E-state index is 5.01. The molecule has 0 radical (unpaired) electrons. The third-order valence-corrected chi connectivity index (χ3v) is 5.06. The molecule has 1 atom stereocenters. The molecule has 4 rings (SSSR count). The Morgan fingerprint density at radius 2 is 1.75 bits per heavy atom. The van der Waals surface area contributed by atoms with E-state index in [4.69, 9.17) is 5.10 Å². The molecule has 1 aromatic heterocycles. The van der Waals surface area contributed by atoms with Crippen molar-refractivity contribution < 1.29 is 0 Å². The number of nitrogens with zero attached hydrogens (tertiary/aromatic N) is 3. The number of rotatable bonds is 4. The summed E-state index contributed by atoms with van der Waals surface area (Å²) in [5.74, 6) is 0. The first-order valence-electron chi connectivity index (χ1n) is 8.55. The van der Waals surface area contributed by atoms with Crippen LogP contribution in [0.1, 0.15) is 18.1 Å². The van der Waals surface area contributed by atoms with Crippen molar-refractivity contribution in [3.63, 3.8) is 0 Å². The highest BCUT2D eigenvalue weighted by Gasteiger charge is 2.28. The van der Waals surface area contributed by atoms with Gasteiger partial charge in [-0.1, -0.05) is 54.6 Å². The standard InChI is InChI=1S/C21H23N3/c1-15(23(2)3)14-24-21-18-12-8-7-11-17(18)13-19(21)20(22-24)16-9-5-4-6-10-16/h4-12,15H,13-14H2,1-3H3. The molecule has 0 amide bonds. The lowest BCUT2D eigenvalue weighted by Gasteiger charge is -2.20. The van der Waals surface area contributed by atoms with E-state index in [0.717, 1.165) is 18.7 Å². The van der Waals surface area contributed by atoms with Gasteiger partial charge in [0.25, 0.3) is 0 Å². The zero-order chi connectivity index (χ0) is 16.7. The maximum Gasteiger partial charge on any atom is 0.0965 e. The number of hydrogen-bond acceptors (Lipinski definition) is 2. The van der Waals surface area contributed by atoms with Crippen LogP contribution >= 0.6 is 0 Å². The Kier molecular flexibility index (Phi) is 3.73. The van der Waals surface area contributed by atoms with Crippen LogP contribution in [-0.4, -0.2) is 34.8 Å². The van der Waals surface area contributed by atoms with Crippen LogP contribution in [-0.2, 0) is 13.0 Å². The second kappa shape index (κ2) is 5.91. The van der Waals surface area contributed by atoms with Crippen molar-refractivity contribution in [1.82, 2.24) is 14.7 Å². The Hall–Kier alpha value is -2.39. The third-order valence-electron chi connectivity index (χ3n) is 5.06. The smallest absolute Gasteiger partial charge is 0.0965 e. The molecule has 1 unspecified atom stereocenters. The molecule has 0 saturated carbocycles. The number of hydrogen-bond donors (Lipinski definition) is 0. The maximum absolute atomic E-state index is 5.01. The molecule has 0 aliphatic heterocycles. The number of aromatic nitrogens is 2. The summed E-state index contributed by atoms with van der Waals surface area (Å²) in [6.45, 7) is 3.15. The molecular formula is C21H23N3. The molecule has 3 nitrogen and oxygen atoms in total. The van der Waals surface area contributed by atoms with Gasteiger partial charge in [0.15, 0.2) is 0 Å². The summed E-state index contributed by atoms with van der Waals surface area (Å²) in [6, 6.07) is 19.7. The van der Waals surface area contributed by atoms with Crippen LogP contribution in [0.4, 0.5) is 0 Å². The topological polar surface area (TPSA) is 21.1 Å². The van der Waals surface area contributed by atoms with E-state index >= 15 is 0 Å². The molecule has 2 aromatic carbocycles. The summed E-state index contributed by atoms with van der Waals surface area (Å²) in [4.78, 5) is 2.25. The van der Waals surface area contributed by atoms with Gasteiger partial charge in [-0.25, -0.2) is 0 Å². The molecule has 24 heavy (non-hydrogen) atoms. The van der Waals surface area contributed by atoms with E-state index < -0.39 is 0 Å². The highest BCUT2D eigenvalue weighted by Crippen LogP contribution is 2.41. The molecule has 0 saturated heterocycles. The summed E-state index contributed by atoms with van der Waals surface area (Å²) < 4.78 is 2.22. The van der Waals surface area contributed by atoms with Gasteiger partial charge in [0.2, 0.25) is 0 Å². The quantitative estimate of drug-likeness (QED) is 0.566. The van der Waals surface area contributed by atoms with Gasteiger partial charge in [-0.05, 0) is 26.6 Å². The molecule has 0 fully saturated rings. The highest BCUT2D eigenvalue weighted by atomic mass is 15.3. The average molecular weight is 317 g/mol. The van der Waals surface area contributed by atoms with Gasteiger partial charge in [-0.15, -0.1) is 0 Å². The van der Waals surface area contributed by atoms with E-state index in [9.17, 15) is 0 Å². The Morgan fingerprint density at radius 1 is 1.04 bits per heavy atom. The van der Waals surface area contributed by atoms with E-state index in [1.807, 2.05) is 0 Å². The van der Waals surface area contributed by atoms with Crippen LogP contribution in [0, 0.1) is 0 Å². The summed E-state index contributed by atoms with van der Waals surface area (Å²) in [5.41, 5.74) is 7.76. The normalized spacial score (nSPS) is 13.8. The second-order valence-electron chi connectivity index (χ2n) is 6.87. The summed E-state index contributed by atoms with van der Waals surface area (Å²) in [6.07, 6.45) is 0.978. The molecule has 1 aliphatic carbocycles. The van der Waals surface area contributed by atoms with Crippen LogP contribution < -0.4 is 0 Å². The van der Waals surface area contributed by atoms with Gasteiger partial charge in [-0.3, -0.25) is 4.68 Å². The SMILES string of the molecule is CC(Cn1nc(-c2ccccc2)c2c1-c1ccccc1C2)N(C)C. The van der Waals surface area contributed by atoms with E-state index in [1.165, 1.54) is 27.9 Å². The van der Waals surface area contributed by atoms with Crippen molar-refractivity contribution in [3.8, 4) is 22.5 Å². The Labute approximate surface area is 143 Å². The summed E-state index contributed by atoms with van der Waals surface area (Å²) in [7, 11) is 4.25. The summed E-state index contributed by atoms with van der Waals surface area (Å²) in [5, 5.41) is 5.01. The minimum atomic E-state index is 0.436. The molecule has 3 heteroatoms. The Balaban J connectivity index is 1.86. The molecule has 0 bridgehead atoms. The van der Waals surface area contributed by atoms with Crippen molar-refractivity contribution in [3.05, 3.63) is 65.7 Å². The minimum Gasteiger partial charge on any atom is -0.305 e. The number of likely N-dealkylation sites (N-methyl/N-ethyl adjacent to an activating group) is 1. The van der Waals surface area contributed by atoms with E-state index in [-0.39, 0.29) is 0 Å². The zero-order valence-electron chi connectivity index (χ0n) is 14.5. The molecular weight excluding hydrogens is 294 g/mol. The predicted molar refractivity (Wildman–Crippen MR) is 99.1 cm³/mol. The molecule has 0 spiro atoms. The first-order chi connectivity index (χ1) is 11.6. The fourth-order valence-corrected chi connectivity index (χ4v) is 3.44.